The van der Waals surface area contributed by atoms with Crippen molar-refractivity contribution >= 4 is 11.9 Å². The molecule has 7 nitrogen and oxygen atoms in total. The van der Waals surface area contributed by atoms with Crippen molar-refractivity contribution in [3.8, 4) is 11.5 Å². The number of rotatable bonds is 4. The van der Waals surface area contributed by atoms with Gasteiger partial charge < -0.3 is 19.3 Å². The number of likely N-dealkylation sites (tertiary alicyclic amines) is 1. The van der Waals surface area contributed by atoms with Crippen molar-refractivity contribution in [1.29, 1.82) is 0 Å². The van der Waals surface area contributed by atoms with Crippen molar-refractivity contribution in [2.45, 2.75) is 32.7 Å². The normalized spacial score (nSPS) is 18.9. The van der Waals surface area contributed by atoms with Gasteiger partial charge in [0.1, 0.15) is 5.69 Å². The number of piperidine rings is 1. The number of anilines is 1. The topological polar surface area (TPSA) is 67.8 Å². The molecule has 1 aromatic carbocycles. The van der Waals surface area contributed by atoms with E-state index < -0.39 is 0 Å². The van der Waals surface area contributed by atoms with E-state index in [1.54, 1.807) is 26.5 Å². The zero-order valence-electron chi connectivity index (χ0n) is 17.4. The largest absolute Gasteiger partial charge is 0.493 e. The van der Waals surface area contributed by atoms with Gasteiger partial charge >= 0.3 is 0 Å². The average Bonchev–Trinajstić information content (AvgIpc) is 2.77. The van der Waals surface area contributed by atoms with Crippen LogP contribution in [0.3, 0.4) is 0 Å². The summed E-state index contributed by atoms with van der Waals surface area (Å²) >= 11 is 0. The second-order valence-electron chi connectivity index (χ2n) is 7.89. The van der Waals surface area contributed by atoms with E-state index >= 15 is 0 Å². The van der Waals surface area contributed by atoms with Crippen LogP contribution in [0.5, 0.6) is 11.5 Å². The number of ether oxygens (including phenoxy) is 2. The lowest BCUT2D eigenvalue weighted by molar-refractivity contribution is 0.0677. The van der Waals surface area contributed by atoms with Gasteiger partial charge in [-0.15, -0.1) is 0 Å². The smallest absolute Gasteiger partial charge is 0.272 e. The molecule has 0 saturated carbocycles. The van der Waals surface area contributed by atoms with Gasteiger partial charge in [0.05, 0.1) is 14.2 Å². The monoisotopic (exact) mass is 396 g/mol. The van der Waals surface area contributed by atoms with Gasteiger partial charge in [-0.3, -0.25) is 4.79 Å². The highest BCUT2D eigenvalue weighted by molar-refractivity contribution is 5.92. The summed E-state index contributed by atoms with van der Waals surface area (Å²) < 4.78 is 10.9. The van der Waals surface area contributed by atoms with Crippen LogP contribution < -0.4 is 14.4 Å². The fraction of sp³-hybridized carbons (Fsp3) is 0.500. The molecule has 2 aromatic rings. The summed E-state index contributed by atoms with van der Waals surface area (Å²) in [6.45, 7) is 5.27. The Labute approximate surface area is 171 Å². The van der Waals surface area contributed by atoms with E-state index in [0.717, 1.165) is 44.0 Å². The Bertz CT molecular complexity index is 902. The first-order valence-electron chi connectivity index (χ1n) is 10.2. The number of carbonyl (C=O) groups excluding carboxylic acids is 1. The summed E-state index contributed by atoms with van der Waals surface area (Å²) in [5.41, 5.74) is 2.88. The minimum atomic E-state index is 0.00372. The molecular weight excluding hydrogens is 368 g/mol. The van der Waals surface area contributed by atoms with Crippen LogP contribution in [0.1, 0.15) is 41.4 Å². The molecule has 29 heavy (non-hydrogen) atoms. The number of hydrogen-bond donors (Lipinski definition) is 0. The van der Waals surface area contributed by atoms with Crippen molar-refractivity contribution in [2.75, 3.05) is 38.8 Å². The molecule has 0 spiro atoms. The summed E-state index contributed by atoms with van der Waals surface area (Å²) in [5.74, 6) is 2.61. The molecule has 0 radical (unpaired) electrons. The predicted molar refractivity (Wildman–Crippen MR) is 111 cm³/mol. The van der Waals surface area contributed by atoms with Gasteiger partial charge in [0.15, 0.2) is 11.5 Å². The zero-order chi connectivity index (χ0) is 20.4. The second kappa shape index (κ2) is 8.27. The lowest BCUT2D eigenvalue weighted by Gasteiger charge is -2.31. The number of benzene rings is 1. The van der Waals surface area contributed by atoms with Crippen molar-refractivity contribution < 1.29 is 14.3 Å². The van der Waals surface area contributed by atoms with Crippen LogP contribution in [0.25, 0.3) is 0 Å². The fourth-order valence-electron chi connectivity index (χ4n) is 4.21. The SMILES string of the molecule is COc1cc2c(cc1OC)CN(c1nccc(C(=O)N3CCCC(C)C3)n1)CC2. The van der Waals surface area contributed by atoms with Gasteiger partial charge in [0.25, 0.3) is 5.91 Å². The Hall–Kier alpha value is -2.83. The molecule has 4 rings (SSSR count). The molecule has 1 fully saturated rings. The summed E-state index contributed by atoms with van der Waals surface area (Å²) in [6.07, 6.45) is 4.78. The Morgan fingerprint density at radius 2 is 1.90 bits per heavy atom. The Kier molecular flexibility index (Phi) is 5.56. The number of methoxy groups -OCH3 is 2. The lowest BCUT2D eigenvalue weighted by Crippen LogP contribution is -2.39. The molecule has 0 N–H and O–H groups in total. The maximum Gasteiger partial charge on any atom is 0.272 e. The number of aromatic nitrogens is 2. The van der Waals surface area contributed by atoms with E-state index in [2.05, 4.69) is 21.8 Å². The van der Waals surface area contributed by atoms with Crippen molar-refractivity contribution in [2.24, 2.45) is 5.92 Å². The molecule has 2 aliphatic heterocycles. The first kappa shape index (κ1) is 19.5. The maximum absolute atomic E-state index is 12.9. The van der Waals surface area contributed by atoms with E-state index in [0.29, 0.717) is 24.1 Å². The fourth-order valence-corrected chi connectivity index (χ4v) is 4.21. The van der Waals surface area contributed by atoms with Crippen LogP contribution in [-0.4, -0.2) is 54.6 Å². The highest BCUT2D eigenvalue weighted by Gasteiger charge is 2.25. The number of hydrogen-bond acceptors (Lipinski definition) is 6. The number of carbonyl (C=O) groups is 1. The van der Waals surface area contributed by atoms with Gasteiger partial charge in [-0.25, -0.2) is 9.97 Å². The first-order valence-corrected chi connectivity index (χ1v) is 10.2. The Morgan fingerprint density at radius 3 is 2.62 bits per heavy atom. The van der Waals surface area contributed by atoms with Gasteiger partial charge in [0, 0.05) is 32.4 Å². The maximum atomic E-state index is 12.9. The molecule has 1 amide bonds. The zero-order valence-corrected chi connectivity index (χ0v) is 17.4. The van der Waals surface area contributed by atoms with E-state index in [1.807, 2.05) is 17.0 Å². The molecule has 1 saturated heterocycles. The van der Waals surface area contributed by atoms with E-state index in [4.69, 9.17) is 9.47 Å². The van der Waals surface area contributed by atoms with E-state index in [1.165, 1.54) is 17.5 Å². The predicted octanol–water partition coefficient (Wildman–Crippen LogP) is 2.93. The van der Waals surface area contributed by atoms with Crippen LogP contribution in [0, 0.1) is 5.92 Å². The highest BCUT2D eigenvalue weighted by atomic mass is 16.5. The average molecular weight is 396 g/mol. The molecule has 3 heterocycles. The van der Waals surface area contributed by atoms with Gasteiger partial charge in [0.2, 0.25) is 5.95 Å². The molecule has 2 aliphatic rings. The van der Waals surface area contributed by atoms with Crippen LogP contribution in [0.2, 0.25) is 0 Å². The molecule has 1 unspecified atom stereocenters. The van der Waals surface area contributed by atoms with Crippen molar-refractivity contribution in [3.63, 3.8) is 0 Å². The quantitative estimate of drug-likeness (QED) is 0.792. The highest BCUT2D eigenvalue weighted by Crippen LogP contribution is 2.34. The lowest BCUT2D eigenvalue weighted by atomic mass is 9.99. The van der Waals surface area contributed by atoms with Crippen LogP contribution in [0.15, 0.2) is 24.4 Å². The van der Waals surface area contributed by atoms with E-state index in [-0.39, 0.29) is 5.91 Å². The molecule has 7 heteroatoms. The molecule has 154 valence electrons. The third kappa shape index (κ3) is 3.99. The number of amides is 1. The summed E-state index contributed by atoms with van der Waals surface area (Å²) in [6, 6.07) is 5.78. The summed E-state index contributed by atoms with van der Waals surface area (Å²) in [4.78, 5) is 26.0. The number of fused-ring (bicyclic) bond motifs is 1. The minimum Gasteiger partial charge on any atom is -0.493 e. The summed E-state index contributed by atoms with van der Waals surface area (Å²) in [7, 11) is 3.29. The van der Waals surface area contributed by atoms with E-state index in [9.17, 15) is 4.79 Å². The molecular formula is C22H28N4O3. The molecule has 1 atom stereocenters. The van der Waals surface area contributed by atoms with Gasteiger partial charge in [-0.05, 0) is 54.5 Å². The first-order chi connectivity index (χ1) is 14.1. The molecule has 1 aromatic heterocycles. The van der Waals surface area contributed by atoms with Crippen molar-refractivity contribution in [3.05, 3.63) is 41.2 Å². The molecule has 0 aliphatic carbocycles. The Morgan fingerprint density at radius 1 is 1.14 bits per heavy atom. The second-order valence-corrected chi connectivity index (χ2v) is 7.89. The van der Waals surface area contributed by atoms with Crippen molar-refractivity contribution in [1.82, 2.24) is 14.9 Å². The molecule has 0 bridgehead atoms. The standard InChI is InChI=1S/C22H28N4O3/c1-15-5-4-9-25(13-15)21(27)18-6-8-23-22(24-18)26-10-7-16-11-19(28-2)20(29-3)12-17(16)14-26/h6,8,11-12,15H,4-5,7,9-10,13-14H2,1-3H3. The third-order valence-corrected chi connectivity index (χ3v) is 5.81. The third-order valence-electron chi connectivity index (χ3n) is 5.81. The summed E-state index contributed by atoms with van der Waals surface area (Å²) in [5, 5.41) is 0. The van der Waals surface area contributed by atoms with Crippen LogP contribution in [-0.2, 0) is 13.0 Å². The van der Waals surface area contributed by atoms with Gasteiger partial charge in [-0.2, -0.15) is 0 Å². The van der Waals surface area contributed by atoms with Crippen LogP contribution >= 0.6 is 0 Å². The minimum absolute atomic E-state index is 0.00372. The number of nitrogens with zero attached hydrogens (tertiary/aromatic N) is 4. The van der Waals surface area contributed by atoms with Crippen LogP contribution in [0.4, 0.5) is 5.95 Å². The van der Waals surface area contributed by atoms with Gasteiger partial charge in [-0.1, -0.05) is 6.92 Å². The Balaban J connectivity index is 1.54.